The van der Waals surface area contributed by atoms with Gasteiger partial charge in [-0.15, -0.1) is 0 Å². The lowest BCUT2D eigenvalue weighted by molar-refractivity contribution is 0.425. The molecule has 0 aromatic carbocycles. The van der Waals surface area contributed by atoms with E-state index in [1.54, 1.807) is 19.3 Å². The zero-order chi connectivity index (χ0) is 14.5. The fourth-order valence-electron chi connectivity index (χ4n) is 2.00. The number of nitrogens with one attached hydrogen (secondary N) is 1. The molecule has 0 radical (unpaired) electrons. The monoisotopic (exact) mass is 281 g/mol. The van der Waals surface area contributed by atoms with Crippen LogP contribution in [0.4, 0.5) is 5.82 Å². The largest absolute Gasteiger partial charge is 0.369 e. The average Bonchev–Trinajstić information content (AvgIpc) is 2.95. The highest BCUT2D eigenvalue weighted by Gasteiger charge is 2.11. The van der Waals surface area contributed by atoms with Crippen molar-refractivity contribution < 1.29 is 4.52 Å². The van der Waals surface area contributed by atoms with E-state index in [4.69, 9.17) is 4.52 Å². The Morgan fingerprint density at radius 1 is 1.19 bits per heavy atom. The number of nitrogens with zero attached hydrogens (tertiary/aromatic N) is 4. The van der Waals surface area contributed by atoms with Crippen molar-refractivity contribution >= 4 is 5.82 Å². The maximum absolute atomic E-state index is 5.20. The Hall–Kier alpha value is -2.76. The van der Waals surface area contributed by atoms with Gasteiger partial charge in [0.25, 0.3) is 5.89 Å². The van der Waals surface area contributed by atoms with Crippen molar-refractivity contribution in [1.29, 1.82) is 0 Å². The number of aromatic nitrogens is 4. The Kier molecular flexibility index (Phi) is 3.86. The van der Waals surface area contributed by atoms with Gasteiger partial charge in [0.05, 0.1) is 5.56 Å². The third-order valence-electron chi connectivity index (χ3n) is 2.99. The molecule has 6 heteroatoms. The van der Waals surface area contributed by atoms with Gasteiger partial charge in [0.1, 0.15) is 5.82 Å². The quantitative estimate of drug-likeness (QED) is 0.774. The molecule has 0 amide bonds. The minimum absolute atomic E-state index is 0.476. The van der Waals surface area contributed by atoms with Crippen LogP contribution in [0.1, 0.15) is 11.4 Å². The predicted octanol–water partition coefficient (Wildman–Crippen LogP) is 2.49. The van der Waals surface area contributed by atoms with E-state index in [-0.39, 0.29) is 0 Å². The van der Waals surface area contributed by atoms with Gasteiger partial charge in [-0.05, 0) is 37.1 Å². The Bertz CT molecular complexity index is 711. The summed E-state index contributed by atoms with van der Waals surface area (Å²) in [5.41, 5.74) is 1.99. The summed E-state index contributed by atoms with van der Waals surface area (Å²) in [6, 6.07) is 7.74. The molecule has 3 aromatic heterocycles. The van der Waals surface area contributed by atoms with E-state index in [0.717, 1.165) is 24.3 Å². The number of hydrogen-bond acceptors (Lipinski definition) is 6. The van der Waals surface area contributed by atoms with Gasteiger partial charge in [0.15, 0.2) is 5.82 Å². The van der Waals surface area contributed by atoms with Gasteiger partial charge < -0.3 is 9.84 Å². The normalized spacial score (nSPS) is 10.5. The molecule has 3 rings (SSSR count). The smallest absolute Gasteiger partial charge is 0.261 e. The van der Waals surface area contributed by atoms with Gasteiger partial charge in [0, 0.05) is 25.1 Å². The molecule has 21 heavy (non-hydrogen) atoms. The van der Waals surface area contributed by atoms with Crippen molar-refractivity contribution in [2.75, 3.05) is 11.9 Å². The van der Waals surface area contributed by atoms with Crippen LogP contribution in [0.15, 0.2) is 47.4 Å². The lowest BCUT2D eigenvalue weighted by Crippen LogP contribution is -2.07. The molecule has 0 saturated carbocycles. The van der Waals surface area contributed by atoms with Gasteiger partial charge in [-0.25, -0.2) is 4.98 Å². The number of aryl methyl sites for hydroxylation is 1. The Balaban J connectivity index is 1.71. The molecule has 0 atom stereocenters. The first kappa shape index (κ1) is 13.2. The van der Waals surface area contributed by atoms with Crippen molar-refractivity contribution in [2.24, 2.45) is 0 Å². The first-order valence-corrected chi connectivity index (χ1v) is 6.71. The summed E-state index contributed by atoms with van der Waals surface area (Å²) in [6.07, 6.45) is 6.24. The molecule has 0 saturated heterocycles. The molecular formula is C15H15N5O. The summed E-state index contributed by atoms with van der Waals surface area (Å²) in [4.78, 5) is 12.7. The van der Waals surface area contributed by atoms with Crippen LogP contribution in [0.5, 0.6) is 0 Å². The molecule has 6 nitrogen and oxygen atoms in total. The van der Waals surface area contributed by atoms with E-state index >= 15 is 0 Å². The van der Waals surface area contributed by atoms with Crippen molar-refractivity contribution in [3.05, 3.63) is 54.2 Å². The zero-order valence-electron chi connectivity index (χ0n) is 11.7. The fraction of sp³-hybridized carbons (Fsp3) is 0.200. The van der Waals surface area contributed by atoms with E-state index in [1.165, 1.54) is 5.56 Å². The summed E-state index contributed by atoms with van der Waals surface area (Å²) >= 11 is 0. The SMILES string of the molecule is Cc1noc(-c2cccnc2NCCc2cccnc2)n1. The van der Waals surface area contributed by atoms with Crippen LogP contribution in [0, 0.1) is 6.92 Å². The molecule has 0 aliphatic carbocycles. The number of pyridine rings is 2. The van der Waals surface area contributed by atoms with Gasteiger partial charge in [-0.3, -0.25) is 4.98 Å². The van der Waals surface area contributed by atoms with Crippen molar-refractivity contribution in [3.8, 4) is 11.5 Å². The number of hydrogen-bond donors (Lipinski definition) is 1. The van der Waals surface area contributed by atoms with Crippen molar-refractivity contribution in [1.82, 2.24) is 20.1 Å². The van der Waals surface area contributed by atoms with Crippen LogP contribution in [-0.2, 0) is 6.42 Å². The average molecular weight is 281 g/mol. The third kappa shape index (κ3) is 3.22. The van der Waals surface area contributed by atoms with E-state index < -0.39 is 0 Å². The van der Waals surface area contributed by atoms with E-state index in [9.17, 15) is 0 Å². The summed E-state index contributed by atoms with van der Waals surface area (Å²) in [5.74, 6) is 1.82. The molecule has 0 bridgehead atoms. The van der Waals surface area contributed by atoms with Crippen LogP contribution in [0.3, 0.4) is 0 Å². The summed E-state index contributed by atoms with van der Waals surface area (Å²) in [7, 11) is 0. The highest BCUT2D eigenvalue weighted by Crippen LogP contribution is 2.23. The molecule has 3 aromatic rings. The van der Waals surface area contributed by atoms with E-state index in [2.05, 4.69) is 31.5 Å². The van der Waals surface area contributed by atoms with E-state index in [1.807, 2.05) is 24.4 Å². The van der Waals surface area contributed by atoms with Crippen LogP contribution in [0.2, 0.25) is 0 Å². The minimum Gasteiger partial charge on any atom is -0.369 e. The number of anilines is 1. The van der Waals surface area contributed by atoms with Crippen molar-refractivity contribution in [3.63, 3.8) is 0 Å². The Labute approximate surface area is 122 Å². The lowest BCUT2D eigenvalue weighted by Gasteiger charge is -2.08. The zero-order valence-corrected chi connectivity index (χ0v) is 11.7. The topological polar surface area (TPSA) is 76.7 Å². The molecular weight excluding hydrogens is 266 g/mol. The van der Waals surface area contributed by atoms with Crippen LogP contribution in [-0.4, -0.2) is 26.7 Å². The second-order valence-corrected chi connectivity index (χ2v) is 4.58. The first-order chi connectivity index (χ1) is 10.3. The molecule has 0 aliphatic heterocycles. The van der Waals surface area contributed by atoms with Crippen LogP contribution in [0.25, 0.3) is 11.5 Å². The summed E-state index contributed by atoms with van der Waals surface area (Å²) in [6.45, 7) is 2.54. The first-order valence-electron chi connectivity index (χ1n) is 6.71. The standard InChI is InChI=1S/C15H15N5O/c1-11-19-15(21-20-11)13-5-3-8-17-14(13)18-9-6-12-4-2-7-16-10-12/h2-5,7-8,10H,6,9H2,1H3,(H,17,18). The lowest BCUT2D eigenvalue weighted by atomic mass is 10.2. The van der Waals surface area contributed by atoms with E-state index in [0.29, 0.717) is 11.7 Å². The second kappa shape index (κ2) is 6.13. The fourth-order valence-corrected chi connectivity index (χ4v) is 2.00. The molecule has 106 valence electrons. The maximum atomic E-state index is 5.20. The van der Waals surface area contributed by atoms with Gasteiger partial charge >= 0.3 is 0 Å². The van der Waals surface area contributed by atoms with Gasteiger partial charge in [0.2, 0.25) is 0 Å². The van der Waals surface area contributed by atoms with Crippen LogP contribution >= 0.6 is 0 Å². The van der Waals surface area contributed by atoms with Crippen LogP contribution < -0.4 is 5.32 Å². The third-order valence-corrected chi connectivity index (χ3v) is 2.99. The minimum atomic E-state index is 0.476. The molecule has 1 N–H and O–H groups in total. The molecule has 3 heterocycles. The summed E-state index contributed by atoms with van der Waals surface area (Å²) < 4.78 is 5.20. The van der Waals surface area contributed by atoms with Gasteiger partial charge in [-0.1, -0.05) is 11.2 Å². The van der Waals surface area contributed by atoms with Crippen molar-refractivity contribution in [2.45, 2.75) is 13.3 Å². The molecule has 0 fully saturated rings. The highest BCUT2D eigenvalue weighted by atomic mass is 16.5. The summed E-state index contributed by atoms with van der Waals surface area (Å²) in [5, 5.41) is 7.11. The highest BCUT2D eigenvalue weighted by molar-refractivity contribution is 5.68. The molecule has 0 unspecified atom stereocenters. The molecule has 0 spiro atoms. The van der Waals surface area contributed by atoms with Gasteiger partial charge in [-0.2, -0.15) is 4.98 Å². The molecule has 0 aliphatic rings. The second-order valence-electron chi connectivity index (χ2n) is 4.58. The predicted molar refractivity (Wildman–Crippen MR) is 78.7 cm³/mol. The Morgan fingerprint density at radius 2 is 2.10 bits per heavy atom. The Morgan fingerprint density at radius 3 is 2.86 bits per heavy atom. The number of rotatable bonds is 5. The maximum Gasteiger partial charge on any atom is 0.261 e.